The minimum Gasteiger partial charge on any atom is -0.491 e. The van der Waals surface area contributed by atoms with Crippen LogP contribution in [-0.2, 0) is 0 Å². The van der Waals surface area contributed by atoms with Gasteiger partial charge in [0.1, 0.15) is 5.75 Å². The van der Waals surface area contributed by atoms with Crippen LogP contribution < -0.4 is 4.74 Å². The van der Waals surface area contributed by atoms with Gasteiger partial charge in [-0.2, -0.15) is 0 Å². The lowest BCUT2D eigenvalue weighted by molar-refractivity contribution is 0.0673. The molecular weight excluding hydrogens is 400 g/mol. The lowest BCUT2D eigenvalue weighted by Crippen LogP contribution is -2.38. The quantitative estimate of drug-likeness (QED) is 0.626. The predicted molar refractivity (Wildman–Crippen MR) is 129 cm³/mol. The fourth-order valence-corrected chi connectivity index (χ4v) is 4.43. The summed E-state index contributed by atoms with van der Waals surface area (Å²) in [4.78, 5) is 17.2. The molecule has 4 rings (SSSR count). The fraction of sp³-hybridized carbons (Fsp3) is 0.370. The first-order valence-electron chi connectivity index (χ1n) is 11.2. The number of hydrogen-bond acceptors (Lipinski definition) is 4. The van der Waals surface area contributed by atoms with Crippen molar-refractivity contribution in [2.24, 2.45) is 0 Å². The Morgan fingerprint density at radius 1 is 1.06 bits per heavy atom. The summed E-state index contributed by atoms with van der Waals surface area (Å²) in [6, 6.07) is 20.4. The minimum atomic E-state index is -0.131. The molecule has 32 heavy (non-hydrogen) atoms. The zero-order valence-electron chi connectivity index (χ0n) is 19.3. The molecule has 0 unspecified atom stereocenters. The van der Waals surface area contributed by atoms with Crippen molar-refractivity contribution in [1.29, 1.82) is 0 Å². The Morgan fingerprint density at radius 3 is 2.50 bits per heavy atom. The summed E-state index contributed by atoms with van der Waals surface area (Å²) in [5.74, 6) is 0.844. The van der Waals surface area contributed by atoms with E-state index in [4.69, 9.17) is 4.74 Å². The van der Waals surface area contributed by atoms with Crippen LogP contribution in [0.2, 0.25) is 0 Å². The van der Waals surface area contributed by atoms with Gasteiger partial charge in [-0.15, -0.1) is 0 Å². The SMILES string of the molecule is CC(C)Oc1cccc(-c2ccc3cc(C(=O)N4C[C@@H](N(C)C)C[C@H]4CO)ccc3c2)c1. The second-order valence-electron chi connectivity index (χ2n) is 9.12. The van der Waals surface area contributed by atoms with Gasteiger partial charge in [0.15, 0.2) is 0 Å². The maximum absolute atomic E-state index is 13.2. The molecule has 168 valence electrons. The number of benzene rings is 3. The number of carbonyl (C=O) groups excluding carboxylic acids is 1. The van der Waals surface area contributed by atoms with Crippen LogP contribution in [0.1, 0.15) is 30.6 Å². The summed E-state index contributed by atoms with van der Waals surface area (Å²) in [5, 5.41) is 11.9. The maximum Gasteiger partial charge on any atom is 0.254 e. The molecule has 1 N–H and O–H groups in total. The smallest absolute Gasteiger partial charge is 0.254 e. The molecule has 2 atom stereocenters. The number of fused-ring (bicyclic) bond motifs is 1. The summed E-state index contributed by atoms with van der Waals surface area (Å²) in [6.45, 7) is 4.68. The normalized spacial score (nSPS) is 18.7. The van der Waals surface area contributed by atoms with Crippen LogP contribution in [0.4, 0.5) is 0 Å². The van der Waals surface area contributed by atoms with E-state index in [2.05, 4.69) is 35.2 Å². The molecule has 1 fully saturated rings. The van der Waals surface area contributed by atoms with E-state index in [1.807, 2.05) is 63.2 Å². The fourth-order valence-electron chi connectivity index (χ4n) is 4.43. The van der Waals surface area contributed by atoms with E-state index in [9.17, 15) is 9.90 Å². The molecule has 0 aromatic heterocycles. The Hall–Kier alpha value is -2.89. The van der Waals surface area contributed by atoms with E-state index >= 15 is 0 Å². The van der Waals surface area contributed by atoms with Crippen LogP contribution in [0, 0.1) is 0 Å². The first-order valence-corrected chi connectivity index (χ1v) is 11.2. The summed E-state index contributed by atoms with van der Waals surface area (Å²) in [5.41, 5.74) is 2.87. The molecule has 1 saturated heterocycles. The van der Waals surface area contributed by atoms with Gasteiger partial charge in [0, 0.05) is 18.2 Å². The van der Waals surface area contributed by atoms with Crippen LogP contribution in [0.25, 0.3) is 21.9 Å². The third-order valence-corrected chi connectivity index (χ3v) is 6.22. The molecular formula is C27H32N2O3. The third-order valence-electron chi connectivity index (χ3n) is 6.22. The molecule has 5 nitrogen and oxygen atoms in total. The van der Waals surface area contributed by atoms with E-state index < -0.39 is 0 Å². The lowest BCUT2D eigenvalue weighted by atomic mass is 9.99. The van der Waals surface area contributed by atoms with E-state index in [1.165, 1.54) is 0 Å². The number of rotatable bonds is 6. The summed E-state index contributed by atoms with van der Waals surface area (Å²) >= 11 is 0. The highest BCUT2D eigenvalue weighted by molar-refractivity contribution is 5.99. The average molecular weight is 433 g/mol. The number of ether oxygens (including phenoxy) is 1. The molecule has 0 bridgehead atoms. The Bertz CT molecular complexity index is 1110. The van der Waals surface area contributed by atoms with Crippen molar-refractivity contribution in [2.45, 2.75) is 38.5 Å². The molecule has 0 radical (unpaired) electrons. The van der Waals surface area contributed by atoms with Crippen molar-refractivity contribution >= 4 is 16.7 Å². The number of aliphatic hydroxyl groups is 1. The highest BCUT2D eigenvalue weighted by Gasteiger charge is 2.36. The average Bonchev–Trinajstić information content (AvgIpc) is 3.22. The predicted octanol–water partition coefficient (Wildman–Crippen LogP) is 4.43. The number of aliphatic hydroxyl groups excluding tert-OH is 1. The van der Waals surface area contributed by atoms with Crippen molar-refractivity contribution in [1.82, 2.24) is 9.80 Å². The number of nitrogens with zero attached hydrogens (tertiary/aromatic N) is 2. The molecule has 0 spiro atoms. The monoisotopic (exact) mass is 432 g/mol. The molecule has 1 amide bonds. The Kier molecular flexibility index (Phi) is 6.49. The number of carbonyl (C=O) groups is 1. The Labute approximate surface area is 190 Å². The first-order chi connectivity index (χ1) is 15.4. The lowest BCUT2D eigenvalue weighted by Gasteiger charge is -2.23. The highest BCUT2D eigenvalue weighted by Crippen LogP contribution is 2.29. The van der Waals surface area contributed by atoms with Gasteiger partial charge in [-0.05, 0) is 86.6 Å². The van der Waals surface area contributed by atoms with Crippen molar-refractivity contribution in [2.75, 3.05) is 27.2 Å². The Morgan fingerprint density at radius 2 is 1.78 bits per heavy atom. The minimum absolute atomic E-state index is 0.00733. The van der Waals surface area contributed by atoms with Crippen molar-refractivity contribution in [3.05, 3.63) is 66.2 Å². The largest absolute Gasteiger partial charge is 0.491 e. The molecule has 5 heteroatoms. The van der Waals surface area contributed by atoms with Gasteiger partial charge in [-0.3, -0.25) is 4.79 Å². The van der Waals surface area contributed by atoms with Gasteiger partial charge in [0.05, 0.1) is 18.8 Å². The zero-order valence-corrected chi connectivity index (χ0v) is 19.3. The third kappa shape index (κ3) is 4.64. The number of likely N-dealkylation sites (tertiary alicyclic amines) is 1. The van der Waals surface area contributed by atoms with E-state index in [0.29, 0.717) is 12.1 Å². The van der Waals surface area contributed by atoms with Crippen molar-refractivity contribution in [3.8, 4) is 16.9 Å². The first kappa shape index (κ1) is 22.3. The van der Waals surface area contributed by atoms with E-state index in [1.54, 1.807) is 0 Å². The van der Waals surface area contributed by atoms with Crippen molar-refractivity contribution in [3.63, 3.8) is 0 Å². The molecule has 0 saturated carbocycles. The topological polar surface area (TPSA) is 53.0 Å². The zero-order chi connectivity index (χ0) is 22.8. The van der Waals surface area contributed by atoms with Gasteiger partial charge in [0.2, 0.25) is 0 Å². The van der Waals surface area contributed by atoms with Gasteiger partial charge in [0.25, 0.3) is 5.91 Å². The van der Waals surface area contributed by atoms with Crippen molar-refractivity contribution < 1.29 is 14.6 Å². The summed E-state index contributed by atoms with van der Waals surface area (Å²) < 4.78 is 5.83. The molecule has 3 aromatic carbocycles. The number of hydrogen-bond donors (Lipinski definition) is 1. The Balaban J connectivity index is 1.59. The van der Waals surface area contributed by atoms with Gasteiger partial charge >= 0.3 is 0 Å². The molecule has 1 heterocycles. The molecule has 1 aliphatic heterocycles. The summed E-state index contributed by atoms with van der Waals surface area (Å²) in [7, 11) is 4.04. The number of likely N-dealkylation sites (N-methyl/N-ethyl adjacent to an activating group) is 1. The standard InChI is InChI=1S/C27H32N2O3/c1-18(2)32-26-7-5-6-19(14-26)20-8-9-22-13-23(11-10-21(22)12-20)27(31)29-16-24(28(3)4)15-25(29)17-30/h5-14,18,24-25,30H,15-17H2,1-4H3/t24-,25-/m0/s1. The van der Waals surface area contributed by atoms with Gasteiger partial charge in [-0.25, -0.2) is 0 Å². The second kappa shape index (κ2) is 9.31. The van der Waals surface area contributed by atoms with Crippen LogP contribution >= 0.6 is 0 Å². The van der Waals surface area contributed by atoms with Crippen LogP contribution in [-0.4, -0.2) is 66.2 Å². The van der Waals surface area contributed by atoms with E-state index in [0.717, 1.165) is 34.1 Å². The number of amides is 1. The molecule has 3 aromatic rings. The maximum atomic E-state index is 13.2. The van der Waals surface area contributed by atoms with Crippen LogP contribution in [0.3, 0.4) is 0 Å². The molecule has 0 aliphatic carbocycles. The molecule has 1 aliphatic rings. The van der Waals surface area contributed by atoms with Gasteiger partial charge in [-0.1, -0.05) is 30.3 Å². The van der Waals surface area contributed by atoms with Crippen LogP contribution in [0.5, 0.6) is 5.75 Å². The van der Waals surface area contributed by atoms with Gasteiger partial charge < -0.3 is 19.6 Å². The summed E-state index contributed by atoms with van der Waals surface area (Å²) in [6.07, 6.45) is 0.929. The highest BCUT2D eigenvalue weighted by atomic mass is 16.5. The van der Waals surface area contributed by atoms with Crippen LogP contribution in [0.15, 0.2) is 60.7 Å². The van der Waals surface area contributed by atoms with E-state index in [-0.39, 0.29) is 30.7 Å². The second-order valence-corrected chi connectivity index (χ2v) is 9.12.